The predicted molar refractivity (Wildman–Crippen MR) is 142 cm³/mol. The van der Waals surface area contributed by atoms with Crippen LogP contribution >= 0.6 is 0 Å². The number of nitrogens with two attached hydrogens (primary N) is 1. The maximum atomic E-state index is 12.7. The van der Waals surface area contributed by atoms with E-state index in [2.05, 4.69) is 6.07 Å². The fraction of sp³-hybridized carbons (Fsp3) is 0.267. The Kier molecular flexibility index (Phi) is 8.39. The molecule has 0 saturated carbocycles. The molecule has 8 heteroatoms. The van der Waals surface area contributed by atoms with Crippen molar-refractivity contribution in [3.63, 3.8) is 0 Å². The number of hydrogen-bond acceptors (Lipinski definition) is 8. The molecule has 0 amide bonds. The van der Waals surface area contributed by atoms with Gasteiger partial charge in [0.1, 0.15) is 28.9 Å². The van der Waals surface area contributed by atoms with Crippen molar-refractivity contribution in [1.82, 2.24) is 0 Å². The number of esters is 1. The van der Waals surface area contributed by atoms with Crippen molar-refractivity contribution < 1.29 is 28.5 Å². The summed E-state index contributed by atoms with van der Waals surface area (Å²) in [5.74, 6) is 1.54. The smallest absolute Gasteiger partial charge is 0.343 e. The Hall–Kier alpha value is -4.64. The first-order valence-corrected chi connectivity index (χ1v) is 12.5. The number of allylic oxidation sites excluding steroid dienone is 1. The molecule has 1 atom stereocenters. The first-order chi connectivity index (χ1) is 18.5. The van der Waals surface area contributed by atoms with Gasteiger partial charge in [-0.2, -0.15) is 5.26 Å². The summed E-state index contributed by atoms with van der Waals surface area (Å²) in [5, 5.41) is 9.91. The maximum absolute atomic E-state index is 12.7. The third-order valence-corrected chi connectivity index (χ3v) is 5.86. The Bertz CT molecular complexity index is 1370. The molecule has 1 heterocycles. The van der Waals surface area contributed by atoms with Crippen LogP contribution < -0.4 is 29.4 Å². The minimum absolute atomic E-state index is 0.00995. The molecule has 2 N–H and O–H groups in total. The molecule has 0 aromatic heterocycles. The van der Waals surface area contributed by atoms with Crippen LogP contribution in [0, 0.1) is 11.3 Å². The maximum Gasteiger partial charge on any atom is 0.343 e. The van der Waals surface area contributed by atoms with E-state index in [1.807, 2.05) is 39.0 Å². The fourth-order valence-corrected chi connectivity index (χ4v) is 4.17. The van der Waals surface area contributed by atoms with E-state index in [1.54, 1.807) is 42.5 Å². The van der Waals surface area contributed by atoms with E-state index >= 15 is 0 Å². The van der Waals surface area contributed by atoms with Crippen molar-refractivity contribution >= 4 is 5.97 Å². The van der Waals surface area contributed by atoms with Crippen molar-refractivity contribution in [1.29, 1.82) is 5.26 Å². The number of ether oxygens (including phenoxy) is 5. The lowest BCUT2D eigenvalue weighted by molar-refractivity contribution is 0.0734. The second-order valence-corrected chi connectivity index (χ2v) is 8.46. The first-order valence-electron chi connectivity index (χ1n) is 12.5. The minimum Gasteiger partial charge on any atom is -0.494 e. The minimum atomic E-state index is -0.523. The van der Waals surface area contributed by atoms with Gasteiger partial charge in [-0.1, -0.05) is 19.1 Å². The summed E-state index contributed by atoms with van der Waals surface area (Å²) >= 11 is 0. The summed E-state index contributed by atoms with van der Waals surface area (Å²) in [7, 11) is 0. The molecule has 0 spiro atoms. The zero-order chi connectivity index (χ0) is 27.1. The molecule has 0 bridgehead atoms. The Morgan fingerprint density at radius 1 is 0.921 bits per heavy atom. The average molecular weight is 515 g/mol. The van der Waals surface area contributed by atoms with E-state index in [0.717, 1.165) is 12.0 Å². The zero-order valence-electron chi connectivity index (χ0n) is 21.7. The average Bonchev–Trinajstić information content (AvgIpc) is 2.92. The largest absolute Gasteiger partial charge is 0.494 e. The fourth-order valence-electron chi connectivity index (χ4n) is 4.17. The van der Waals surface area contributed by atoms with E-state index < -0.39 is 11.9 Å². The molecule has 1 aliphatic heterocycles. The van der Waals surface area contributed by atoms with Crippen LogP contribution in [0.4, 0.5) is 0 Å². The molecule has 4 rings (SSSR count). The number of hydrogen-bond donors (Lipinski definition) is 1. The molecule has 0 saturated heterocycles. The Balaban J connectivity index is 1.64. The Labute approximate surface area is 222 Å². The number of nitriles is 1. The lowest BCUT2D eigenvalue weighted by Crippen LogP contribution is -2.21. The molecule has 3 aromatic carbocycles. The number of nitrogens with zero attached hydrogens (tertiary/aromatic N) is 1. The van der Waals surface area contributed by atoms with Gasteiger partial charge in [-0.05, 0) is 68.3 Å². The zero-order valence-corrected chi connectivity index (χ0v) is 21.7. The molecule has 0 fully saturated rings. The van der Waals surface area contributed by atoms with Crippen LogP contribution in [0.15, 0.2) is 72.1 Å². The van der Waals surface area contributed by atoms with Gasteiger partial charge in [0.25, 0.3) is 0 Å². The number of carbonyl (C=O) groups excluding carboxylic acids is 1. The molecule has 0 aliphatic carbocycles. The second kappa shape index (κ2) is 12.1. The lowest BCUT2D eigenvalue weighted by atomic mass is 9.83. The molecule has 1 aliphatic rings. The van der Waals surface area contributed by atoms with Crippen LogP contribution in [0.25, 0.3) is 0 Å². The number of carbonyl (C=O) groups is 1. The van der Waals surface area contributed by atoms with E-state index in [1.165, 1.54) is 0 Å². The number of fused-ring (bicyclic) bond motifs is 1. The van der Waals surface area contributed by atoms with E-state index in [4.69, 9.17) is 29.4 Å². The van der Waals surface area contributed by atoms with Crippen LogP contribution in [0.5, 0.6) is 28.7 Å². The van der Waals surface area contributed by atoms with Gasteiger partial charge in [0.05, 0.1) is 31.3 Å². The van der Waals surface area contributed by atoms with Gasteiger partial charge in [0.2, 0.25) is 5.88 Å². The van der Waals surface area contributed by atoms with Crippen molar-refractivity contribution in [2.75, 3.05) is 19.8 Å². The lowest BCUT2D eigenvalue weighted by Gasteiger charge is -2.27. The van der Waals surface area contributed by atoms with Gasteiger partial charge >= 0.3 is 5.97 Å². The topological polar surface area (TPSA) is 113 Å². The number of rotatable bonds is 10. The highest BCUT2D eigenvalue weighted by atomic mass is 16.5. The molecular weight excluding hydrogens is 484 g/mol. The quantitative estimate of drug-likeness (QED) is 0.270. The van der Waals surface area contributed by atoms with Crippen molar-refractivity contribution in [2.45, 2.75) is 33.1 Å². The van der Waals surface area contributed by atoms with Crippen LogP contribution in [-0.2, 0) is 0 Å². The Morgan fingerprint density at radius 2 is 1.66 bits per heavy atom. The van der Waals surface area contributed by atoms with Crippen molar-refractivity contribution in [3.8, 4) is 34.8 Å². The van der Waals surface area contributed by atoms with Crippen molar-refractivity contribution in [3.05, 3.63) is 88.8 Å². The van der Waals surface area contributed by atoms with Gasteiger partial charge in [0, 0.05) is 11.6 Å². The van der Waals surface area contributed by atoms with Gasteiger partial charge in [-0.15, -0.1) is 0 Å². The summed E-state index contributed by atoms with van der Waals surface area (Å²) in [6.07, 6.45) is 0.865. The van der Waals surface area contributed by atoms with E-state index in [-0.39, 0.29) is 17.2 Å². The highest BCUT2D eigenvalue weighted by Crippen LogP contribution is 2.45. The van der Waals surface area contributed by atoms with Gasteiger partial charge in [-0.3, -0.25) is 0 Å². The molecule has 3 aromatic rings. The molecule has 8 nitrogen and oxygen atoms in total. The van der Waals surface area contributed by atoms with Crippen LogP contribution in [0.2, 0.25) is 0 Å². The molecule has 1 unspecified atom stereocenters. The first kappa shape index (κ1) is 26.4. The normalized spacial score (nSPS) is 14.1. The Morgan fingerprint density at radius 3 is 2.34 bits per heavy atom. The van der Waals surface area contributed by atoms with E-state index in [9.17, 15) is 10.1 Å². The predicted octanol–water partition coefficient (Wildman–Crippen LogP) is 5.71. The highest BCUT2D eigenvalue weighted by Gasteiger charge is 2.32. The molecule has 0 radical (unpaired) electrons. The SMILES string of the molecule is CCCOc1ccc(C2C(C#N)=C(N)Oc3cc(OC(=O)c4ccc(OCC)cc4)ccc32)cc1OCC. The monoisotopic (exact) mass is 514 g/mol. The van der Waals surface area contributed by atoms with Gasteiger partial charge < -0.3 is 29.4 Å². The van der Waals surface area contributed by atoms with Crippen LogP contribution in [0.1, 0.15) is 54.6 Å². The van der Waals surface area contributed by atoms with Gasteiger partial charge in [0.15, 0.2) is 11.5 Å². The van der Waals surface area contributed by atoms with Crippen molar-refractivity contribution in [2.24, 2.45) is 5.73 Å². The summed E-state index contributed by atoms with van der Waals surface area (Å²) in [4.78, 5) is 12.7. The number of benzene rings is 3. The third-order valence-electron chi connectivity index (χ3n) is 5.86. The van der Waals surface area contributed by atoms with Crippen LogP contribution in [0.3, 0.4) is 0 Å². The second-order valence-electron chi connectivity index (χ2n) is 8.46. The molecule has 196 valence electrons. The summed E-state index contributed by atoms with van der Waals surface area (Å²) < 4.78 is 28.4. The van der Waals surface area contributed by atoms with Gasteiger partial charge in [-0.25, -0.2) is 4.79 Å². The van der Waals surface area contributed by atoms with Crippen LogP contribution in [-0.4, -0.2) is 25.8 Å². The summed E-state index contributed by atoms with van der Waals surface area (Å²) in [6.45, 7) is 7.38. The molecule has 38 heavy (non-hydrogen) atoms. The third kappa shape index (κ3) is 5.68. The summed E-state index contributed by atoms with van der Waals surface area (Å²) in [6, 6.07) is 19.5. The standard InChI is InChI=1S/C30H30N2O6/c1-4-15-36-25-14-9-20(16-27(25)35-6-3)28-23-13-12-22(17-26(23)38-29(32)24(28)18-31)37-30(33)19-7-10-21(11-8-19)34-5-2/h7-14,16-17,28H,4-6,15,32H2,1-3H3. The highest BCUT2D eigenvalue weighted by molar-refractivity contribution is 5.91. The van der Waals surface area contributed by atoms with E-state index in [0.29, 0.717) is 53.9 Å². The molecular formula is C30H30N2O6. The summed E-state index contributed by atoms with van der Waals surface area (Å²) in [5.41, 5.74) is 8.33.